The molecule has 15 heavy (non-hydrogen) atoms. The summed E-state index contributed by atoms with van der Waals surface area (Å²) in [6.45, 7) is 10.6. The van der Waals surface area contributed by atoms with E-state index < -0.39 is 0 Å². The first-order chi connectivity index (χ1) is 7.31. The van der Waals surface area contributed by atoms with E-state index in [4.69, 9.17) is 4.74 Å². The molecule has 0 aliphatic heterocycles. The van der Waals surface area contributed by atoms with Gasteiger partial charge in [-0.3, -0.25) is 0 Å². The summed E-state index contributed by atoms with van der Waals surface area (Å²) in [6.07, 6.45) is 3.63. The van der Waals surface area contributed by atoms with E-state index in [2.05, 4.69) is 24.2 Å². The van der Waals surface area contributed by atoms with Gasteiger partial charge in [0.25, 0.3) is 0 Å². The summed E-state index contributed by atoms with van der Waals surface area (Å²) in [4.78, 5) is 2.37. The number of hydrogen-bond donors (Lipinski definition) is 1. The molecule has 0 aromatic heterocycles. The fraction of sp³-hybridized carbons (Fsp3) is 1.00. The minimum absolute atomic E-state index is 0.843. The Hall–Kier alpha value is -0.120. The molecule has 0 unspecified atom stereocenters. The van der Waals surface area contributed by atoms with Gasteiger partial charge in [-0.2, -0.15) is 0 Å². The lowest BCUT2D eigenvalue weighted by Gasteiger charge is -2.15. The van der Waals surface area contributed by atoms with Gasteiger partial charge in [-0.1, -0.05) is 6.92 Å². The molecule has 0 aromatic carbocycles. The summed E-state index contributed by atoms with van der Waals surface area (Å²) < 4.78 is 5.27. The van der Waals surface area contributed by atoms with Gasteiger partial charge >= 0.3 is 0 Å². The van der Waals surface area contributed by atoms with E-state index in [0.717, 1.165) is 32.8 Å². The van der Waals surface area contributed by atoms with Gasteiger partial charge in [0.2, 0.25) is 0 Å². The van der Waals surface area contributed by atoms with Crippen LogP contribution in [-0.2, 0) is 4.74 Å². The molecule has 0 amide bonds. The van der Waals surface area contributed by atoms with Crippen LogP contribution < -0.4 is 5.32 Å². The molecule has 3 heteroatoms. The van der Waals surface area contributed by atoms with E-state index in [9.17, 15) is 0 Å². The normalized spacial score (nSPS) is 11.2. The zero-order valence-electron chi connectivity index (χ0n) is 10.7. The Bertz CT molecular complexity index is 120. The number of rotatable bonds is 11. The van der Waals surface area contributed by atoms with Crippen molar-refractivity contribution in [1.29, 1.82) is 0 Å². The zero-order chi connectivity index (χ0) is 11.4. The van der Waals surface area contributed by atoms with Crippen molar-refractivity contribution in [1.82, 2.24) is 10.2 Å². The van der Waals surface area contributed by atoms with Crippen molar-refractivity contribution in [2.75, 3.05) is 46.4 Å². The highest BCUT2D eigenvalue weighted by molar-refractivity contribution is 4.54. The standard InChI is InChI=1S/C12H28N2O/c1-4-10-14(3)11-9-13-8-6-7-12-15-5-2/h13H,4-12H2,1-3H3. The van der Waals surface area contributed by atoms with Crippen LogP contribution in [0.15, 0.2) is 0 Å². The van der Waals surface area contributed by atoms with Crippen LogP contribution in [0.4, 0.5) is 0 Å². The van der Waals surface area contributed by atoms with Gasteiger partial charge in [0.15, 0.2) is 0 Å². The van der Waals surface area contributed by atoms with Gasteiger partial charge in [0, 0.05) is 26.3 Å². The first-order valence-corrected chi connectivity index (χ1v) is 6.28. The molecule has 0 heterocycles. The summed E-state index contributed by atoms with van der Waals surface area (Å²) in [7, 11) is 2.18. The Morgan fingerprint density at radius 2 is 1.87 bits per heavy atom. The van der Waals surface area contributed by atoms with Crippen molar-refractivity contribution in [2.45, 2.75) is 33.1 Å². The van der Waals surface area contributed by atoms with Gasteiger partial charge in [-0.25, -0.2) is 0 Å². The monoisotopic (exact) mass is 216 g/mol. The summed E-state index contributed by atoms with van der Waals surface area (Å²) in [5.74, 6) is 0. The number of nitrogens with zero attached hydrogens (tertiary/aromatic N) is 1. The molecule has 0 radical (unpaired) electrons. The molecule has 0 atom stereocenters. The number of unbranched alkanes of at least 4 members (excludes halogenated alkanes) is 1. The molecule has 3 nitrogen and oxygen atoms in total. The molecular weight excluding hydrogens is 188 g/mol. The molecule has 0 saturated heterocycles. The lowest BCUT2D eigenvalue weighted by Crippen LogP contribution is -2.30. The minimum Gasteiger partial charge on any atom is -0.382 e. The molecule has 0 saturated carbocycles. The Labute approximate surface area is 95.2 Å². The van der Waals surface area contributed by atoms with Crippen LogP contribution in [0.1, 0.15) is 33.1 Å². The van der Waals surface area contributed by atoms with E-state index in [1.165, 1.54) is 25.8 Å². The number of nitrogens with one attached hydrogen (secondary N) is 1. The van der Waals surface area contributed by atoms with Crippen molar-refractivity contribution >= 4 is 0 Å². The third-order valence-corrected chi connectivity index (χ3v) is 2.37. The SMILES string of the molecule is CCCN(C)CCNCCCCOCC. The van der Waals surface area contributed by atoms with E-state index in [-0.39, 0.29) is 0 Å². The van der Waals surface area contributed by atoms with Crippen LogP contribution >= 0.6 is 0 Å². The quantitative estimate of drug-likeness (QED) is 0.532. The van der Waals surface area contributed by atoms with Crippen molar-refractivity contribution in [3.05, 3.63) is 0 Å². The van der Waals surface area contributed by atoms with Gasteiger partial charge < -0.3 is 15.0 Å². The van der Waals surface area contributed by atoms with Crippen molar-refractivity contribution < 1.29 is 4.74 Å². The second kappa shape index (κ2) is 12.0. The van der Waals surface area contributed by atoms with E-state index in [1.807, 2.05) is 6.92 Å². The second-order valence-electron chi connectivity index (χ2n) is 3.96. The number of likely N-dealkylation sites (N-methyl/N-ethyl adjacent to an activating group) is 1. The minimum atomic E-state index is 0.843. The van der Waals surface area contributed by atoms with Crippen LogP contribution in [0.2, 0.25) is 0 Å². The molecule has 0 fully saturated rings. The third kappa shape index (κ3) is 11.8. The van der Waals surface area contributed by atoms with Crippen molar-refractivity contribution in [2.24, 2.45) is 0 Å². The third-order valence-electron chi connectivity index (χ3n) is 2.37. The first kappa shape index (κ1) is 14.9. The molecule has 0 rings (SSSR count). The Morgan fingerprint density at radius 1 is 1.07 bits per heavy atom. The number of hydrogen-bond acceptors (Lipinski definition) is 3. The molecule has 1 N–H and O–H groups in total. The predicted octanol–water partition coefficient (Wildman–Crippen LogP) is 1.73. The van der Waals surface area contributed by atoms with Crippen LogP contribution in [0.25, 0.3) is 0 Å². The van der Waals surface area contributed by atoms with Crippen LogP contribution in [0.3, 0.4) is 0 Å². The maximum Gasteiger partial charge on any atom is 0.0466 e. The summed E-state index contributed by atoms with van der Waals surface area (Å²) in [6, 6.07) is 0. The van der Waals surface area contributed by atoms with Gasteiger partial charge in [-0.05, 0) is 46.3 Å². The van der Waals surface area contributed by atoms with E-state index in [0.29, 0.717) is 0 Å². The van der Waals surface area contributed by atoms with Crippen molar-refractivity contribution in [3.63, 3.8) is 0 Å². The fourth-order valence-electron chi connectivity index (χ4n) is 1.49. The average Bonchev–Trinajstić information content (AvgIpc) is 2.22. The predicted molar refractivity (Wildman–Crippen MR) is 66.4 cm³/mol. The van der Waals surface area contributed by atoms with Gasteiger partial charge in [-0.15, -0.1) is 0 Å². The Morgan fingerprint density at radius 3 is 2.53 bits per heavy atom. The fourth-order valence-corrected chi connectivity index (χ4v) is 1.49. The summed E-state index contributed by atoms with van der Waals surface area (Å²) >= 11 is 0. The van der Waals surface area contributed by atoms with Gasteiger partial charge in [0.05, 0.1) is 0 Å². The molecule has 0 aliphatic carbocycles. The number of ether oxygens (including phenoxy) is 1. The lowest BCUT2D eigenvalue weighted by molar-refractivity contribution is 0.143. The molecule has 0 bridgehead atoms. The molecule has 92 valence electrons. The first-order valence-electron chi connectivity index (χ1n) is 6.28. The summed E-state index contributed by atoms with van der Waals surface area (Å²) in [5, 5.41) is 3.45. The average molecular weight is 216 g/mol. The smallest absolute Gasteiger partial charge is 0.0466 e. The lowest BCUT2D eigenvalue weighted by atomic mass is 10.3. The maximum atomic E-state index is 5.27. The molecular formula is C12H28N2O. The molecule has 0 aliphatic rings. The largest absolute Gasteiger partial charge is 0.382 e. The highest BCUT2D eigenvalue weighted by atomic mass is 16.5. The Kier molecular flexibility index (Phi) is 11.9. The van der Waals surface area contributed by atoms with Gasteiger partial charge in [0.1, 0.15) is 0 Å². The Balaban J connectivity index is 2.98. The van der Waals surface area contributed by atoms with Crippen LogP contribution in [0.5, 0.6) is 0 Å². The molecule has 0 spiro atoms. The zero-order valence-corrected chi connectivity index (χ0v) is 10.7. The highest BCUT2D eigenvalue weighted by Crippen LogP contribution is 1.88. The second-order valence-corrected chi connectivity index (χ2v) is 3.96. The highest BCUT2D eigenvalue weighted by Gasteiger charge is 1.95. The van der Waals surface area contributed by atoms with Crippen LogP contribution in [-0.4, -0.2) is 51.3 Å². The van der Waals surface area contributed by atoms with E-state index >= 15 is 0 Å². The maximum absolute atomic E-state index is 5.27. The van der Waals surface area contributed by atoms with E-state index in [1.54, 1.807) is 0 Å². The van der Waals surface area contributed by atoms with Crippen molar-refractivity contribution in [3.8, 4) is 0 Å². The van der Waals surface area contributed by atoms with Crippen LogP contribution in [0, 0.1) is 0 Å². The molecule has 0 aromatic rings. The summed E-state index contributed by atoms with van der Waals surface area (Å²) in [5.41, 5.74) is 0. The topological polar surface area (TPSA) is 24.5 Å².